The fourth-order valence-electron chi connectivity index (χ4n) is 16.4. The lowest BCUT2D eigenvalue weighted by Gasteiger charge is -2.35. The van der Waals surface area contributed by atoms with E-state index in [0.717, 1.165) is 24.0 Å². The Balaban J connectivity index is 1.27. The SMILES string of the molecule is CCC[C@H](NC(C)=O)C(=O)N[C@H]1CSCc2cccc(c2)CSC[C@H](C(N)=O)NC(=O)C([C@@H](C)O)NC(=O)[C@H](C)NC(=O)[C@H](CC2CCC(O)CC2)NC(=O)[C@H](CCC(=O)O)NC(=O)[C@H](CCC)NC(=O)[C@H](CC2CNC3NCCCC23)NC(=O)[C@H]([C@@H](C)O)NC(=O)[C@H](CC2CNCN2)NC(=O)[C@H](CC2CCC(O)CC2)NC(=O)[C@H](C(C)(C)C)NC1=O. The van der Waals surface area contributed by atoms with E-state index >= 15 is 28.8 Å². The number of carboxylic acids is 1. The van der Waals surface area contributed by atoms with Crippen LogP contribution < -0.4 is 96.1 Å². The molecule has 2 saturated carbocycles. The zero-order chi connectivity index (χ0) is 89.7. The second-order valence-electron chi connectivity index (χ2n) is 34.7. The molecule has 4 heterocycles. The third-order valence-electron chi connectivity index (χ3n) is 23.4. The minimum Gasteiger partial charge on any atom is -0.481 e. The van der Waals surface area contributed by atoms with Crippen LogP contribution in [0.2, 0.25) is 0 Å². The predicted octanol–water partition coefficient (Wildman–Crippen LogP) is -3.01. The highest BCUT2D eigenvalue weighted by molar-refractivity contribution is 7.98. The molecule has 1 aromatic rings. The third-order valence-corrected chi connectivity index (χ3v) is 25.6. The molecule has 6 aliphatic rings. The molecule has 7 rings (SSSR count). The number of aliphatic hydroxyl groups is 4. The maximum absolute atomic E-state index is 15.3. The molecule has 0 spiro atoms. The number of fused-ring (bicyclic) bond motifs is 3. The van der Waals surface area contributed by atoms with Crippen molar-refractivity contribution < 1.29 is 97.5 Å². The highest BCUT2D eigenvalue weighted by Crippen LogP contribution is 2.34. The average molecular weight is 1760 g/mol. The van der Waals surface area contributed by atoms with Gasteiger partial charge in [-0.05, 0) is 183 Å². The average Bonchev–Trinajstić information content (AvgIpc) is 1.67. The molecule has 1 aromatic carbocycles. The standard InChI is InChI=1S/C82H134N18O20S2/c1-10-14-55(89-45(6)103)71(110)97-63-40-122-38-49-17-12-16-48(30-49)37-121-39-62(68(83)108)96-80(119)65(43(4)101)98-70(109)42(3)88-74(113)58(31-46-19-23-52(104)24-20-46)92-73(112)57(27-28-64(106)107)91-72(111)56(15-11-2)90-76(115)60(33-50-35-86-69-54(50)18-13-29-85-69)94-79(118)66(44(5)102)99-77(116)61(34-51-36-84-41-87-51)93-75(114)59(32-47-21-25-53(105)26-22-47)95-81(120)67(82(7,8)9)100-78(63)117/h12,16-17,30,42-44,46-47,50-63,65-67,69,84-87,101-102,104-105H,10-11,13-15,18-29,31-41H2,1-9H3,(H2,83,108)(H,88,113)(H,89,103)(H,90,115)(H,91,111)(H,92,112)(H,93,114)(H,94,118)(H,95,120)(H,96,119)(H,97,110)(H,98,109)(H,99,116)(H,100,117)(H,106,107)/t42-,43+,44+,46?,47?,50?,51?,52?,53?,54?,55-,56-,57-,58-,59-,60-,61-,62+,63-,65?,66-,67+,69?/m0/s1. The number of benzene rings is 1. The van der Waals surface area contributed by atoms with Gasteiger partial charge in [-0.1, -0.05) is 71.7 Å². The molecule has 19 atom stereocenters. The first-order valence-electron chi connectivity index (χ1n) is 43.1. The molecule has 2 bridgehead atoms. The molecule has 2 aliphatic carbocycles. The smallest absolute Gasteiger partial charge is 0.303 e. The van der Waals surface area contributed by atoms with Gasteiger partial charge in [0.05, 0.1) is 30.6 Å². The van der Waals surface area contributed by atoms with Gasteiger partial charge in [0.2, 0.25) is 82.7 Å². The van der Waals surface area contributed by atoms with Gasteiger partial charge in [0.1, 0.15) is 78.5 Å². The number of aliphatic carboxylic acids is 1. The number of carbonyl (C=O) groups excluding carboxylic acids is 14. The lowest BCUT2D eigenvalue weighted by molar-refractivity contribution is -0.139. The van der Waals surface area contributed by atoms with Crippen molar-refractivity contribution in [1.29, 1.82) is 0 Å². The number of hydrogen-bond donors (Lipinski definition) is 23. The number of nitrogens with one attached hydrogen (secondary N) is 17. The van der Waals surface area contributed by atoms with Gasteiger partial charge in [-0.15, -0.1) is 0 Å². The summed E-state index contributed by atoms with van der Waals surface area (Å²) in [5.41, 5.74) is 6.22. The van der Waals surface area contributed by atoms with Gasteiger partial charge in [-0.25, -0.2) is 0 Å². The number of amides is 14. The predicted molar refractivity (Wildman–Crippen MR) is 454 cm³/mol. The zero-order valence-electron chi connectivity index (χ0n) is 71.6. The quantitative estimate of drug-likeness (QED) is 0.0583. The van der Waals surface area contributed by atoms with Gasteiger partial charge >= 0.3 is 5.97 Å². The summed E-state index contributed by atoms with van der Waals surface area (Å²) >= 11 is 2.46. The summed E-state index contributed by atoms with van der Waals surface area (Å²) in [5.74, 6) is -14.4. The second-order valence-corrected chi connectivity index (χ2v) is 36.8. The van der Waals surface area contributed by atoms with Crippen LogP contribution in [-0.2, 0) is 83.4 Å². The summed E-state index contributed by atoms with van der Waals surface area (Å²) in [6, 6.07) is -12.5. The molecule has 684 valence electrons. The van der Waals surface area contributed by atoms with E-state index in [1.165, 1.54) is 51.2 Å². The van der Waals surface area contributed by atoms with Crippen LogP contribution in [-0.4, -0.2) is 267 Å². The van der Waals surface area contributed by atoms with E-state index in [0.29, 0.717) is 84.1 Å². The van der Waals surface area contributed by atoms with E-state index in [-0.39, 0.29) is 97.8 Å². The summed E-state index contributed by atoms with van der Waals surface area (Å²) < 4.78 is 0. The molecular formula is C82H134N18O20S2. The Hall–Kier alpha value is -8.35. The van der Waals surface area contributed by atoms with Gasteiger partial charge in [-0.2, -0.15) is 23.5 Å². The summed E-state index contributed by atoms with van der Waals surface area (Å²) in [4.78, 5) is 215. The molecule has 0 aromatic heterocycles. The molecule has 5 fully saturated rings. The van der Waals surface area contributed by atoms with Crippen molar-refractivity contribution in [3.05, 3.63) is 35.4 Å². The highest BCUT2D eigenvalue weighted by Gasteiger charge is 2.45. The number of carbonyl (C=O) groups is 15. The first-order valence-corrected chi connectivity index (χ1v) is 45.4. The zero-order valence-corrected chi connectivity index (χ0v) is 73.3. The Kier molecular flexibility index (Phi) is 40.8. The van der Waals surface area contributed by atoms with Crippen molar-refractivity contribution in [2.45, 2.75) is 317 Å². The van der Waals surface area contributed by atoms with E-state index in [2.05, 4.69) is 90.4 Å². The van der Waals surface area contributed by atoms with Crippen molar-refractivity contribution in [2.24, 2.45) is 34.8 Å². The van der Waals surface area contributed by atoms with Gasteiger partial charge in [0.15, 0.2) is 0 Å². The lowest BCUT2D eigenvalue weighted by atomic mass is 9.82. The van der Waals surface area contributed by atoms with Crippen molar-refractivity contribution >= 4 is 112 Å². The van der Waals surface area contributed by atoms with Crippen LogP contribution in [0, 0.1) is 29.1 Å². The molecule has 38 nitrogen and oxygen atoms in total. The summed E-state index contributed by atoms with van der Waals surface area (Å²) in [6.07, 6.45) is -0.602. The Morgan fingerprint density at radius 2 is 1.06 bits per heavy atom. The molecule has 40 heteroatoms. The number of rotatable bonds is 21. The summed E-state index contributed by atoms with van der Waals surface area (Å²) in [5, 5.41) is 102. The minimum absolute atomic E-state index is 0.00522. The van der Waals surface area contributed by atoms with Crippen LogP contribution in [0.3, 0.4) is 0 Å². The number of primary amides is 1. The van der Waals surface area contributed by atoms with Crippen LogP contribution in [0.4, 0.5) is 0 Å². The number of carboxylic acid groups (broad SMARTS) is 1. The number of hydrogen-bond acceptors (Lipinski definition) is 25. The first-order chi connectivity index (χ1) is 57.8. The van der Waals surface area contributed by atoms with E-state index in [9.17, 15) is 68.7 Å². The number of piperidine rings is 1. The Morgan fingerprint density at radius 3 is 1.58 bits per heavy atom. The van der Waals surface area contributed by atoms with Crippen LogP contribution in [0.25, 0.3) is 0 Å². The fourth-order valence-corrected chi connectivity index (χ4v) is 18.4. The maximum Gasteiger partial charge on any atom is 0.303 e. The van der Waals surface area contributed by atoms with Gasteiger partial charge < -0.3 is 122 Å². The molecule has 5 unspecified atom stereocenters. The Labute approximate surface area is 721 Å². The van der Waals surface area contributed by atoms with E-state index in [1.807, 2.05) is 25.1 Å². The molecule has 3 saturated heterocycles. The first kappa shape index (κ1) is 101. The topological polar surface area (TPSA) is 588 Å². The van der Waals surface area contributed by atoms with Crippen LogP contribution in [0.1, 0.15) is 202 Å². The van der Waals surface area contributed by atoms with Gasteiger partial charge in [0, 0.05) is 55.6 Å². The lowest BCUT2D eigenvalue weighted by Crippen LogP contribution is -2.63. The highest BCUT2D eigenvalue weighted by atomic mass is 32.2. The van der Waals surface area contributed by atoms with Crippen molar-refractivity contribution in [3.63, 3.8) is 0 Å². The molecule has 24 N–H and O–H groups in total. The van der Waals surface area contributed by atoms with Crippen LogP contribution >= 0.6 is 23.5 Å². The van der Waals surface area contributed by atoms with Gasteiger partial charge in [-0.3, -0.25) is 71.9 Å². The fraction of sp³-hybridized carbons (Fsp3) is 0.744. The Morgan fingerprint density at radius 1 is 0.557 bits per heavy atom. The number of nitrogens with two attached hydrogens (primary N) is 1. The molecule has 122 heavy (non-hydrogen) atoms. The van der Waals surface area contributed by atoms with E-state index < -0.39 is 216 Å². The Bertz CT molecular complexity index is 3730. The second kappa shape index (κ2) is 49.4. The van der Waals surface area contributed by atoms with Crippen molar-refractivity contribution in [3.8, 4) is 0 Å². The van der Waals surface area contributed by atoms with Crippen molar-refractivity contribution in [1.82, 2.24) is 90.4 Å². The third kappa shape index (κ3) is 32.3. The normalized spacial score (nSPS) is 31.7. The van der Waals surface area contributed by atoms with Crippen molar-refractivity contribution in [2.75, 3.05) is 37.8 Å². The van der Waals surface area contributed by atoms with E-state index in [4.69, 9.17) is 5.73 Å². The molecule has 14 amide bonds. The number of thioether (sulfide) groups is 2. The monoisotopic (exact) mass is 1750 g/mol. The molecule has 0 radical (unpaired) electrons. The number of aliphatic hydroxyl groups excluding tert-OH is 4. The maximum atomic E-state index is 15.3. The van der Waals surface area contributed by atoms with Crippen LogP contribution in [0.15, 0.2) is 24.3 Å². The van der Waals surface area contributed by atoms with Gasteiger partial charge in [0.25, 0.3) is 0 Å². The molecular weight excluding hydrogens is 1620 g/mol. The summed E-state index contributed by atoms with van der Waals surface area (Å²) in [6.45, 7) is 15.2. The largest absolute Gasteiger partial charge is 0.481 e. The van der Waals surface area contributed by atoms with Crippen LogP contribution in [0.5, 0.6) is 0 Å². The molecule has 4 aliphatic heterocycles. The summed E-state index contributed by atoms with van der Waals surface area (Å²) in [7, 11) is 0. The minimum atomic E-state index is -1.83. The van der Waals surface area contributed by atoms with E-state index in [1.54, 1.807) is 33.8 Å².